The summed E-state index contributed by atoms with van der Waals surface area (Å²) in [6, 6.07) is 10.9. The van der Waals surface area contributed by atoms with Crippen molar-refractivity contribution in [3.63, 3.8) is 0 Å². The highest BCUT2D eigenvalue weighted by Gasteiger charge is 2.15. The van der Waals surface area contributed by atoms with Gasteiger partial charge in [0.05, 0.1) is 5.69 Å². The Morgan fingerprint density at radius 2 is 1.96 bits per heavy atom. The minimum atomic E-state index is -0.449. The standard InChI is InChI=1S/C17H17N5O3/c1-3-18-16(24)17-19-14(21-25-17)10-22-15(23)9-8-13(20-22)12-6-4-11(2)5-7-12/h4-9H,3,10H2,1-2H3,(H,18,24). The van der Waals surface area contributed by atoms with Gasteiger partial charge in [-0.3, -0.25) is 9.59 Å². The zero-order valence-electron chi connectivity index (χ0n) is 13.9. The van der Waals surface area contributed by atoms with Gasteiger partial charge in [-0.25, -0.2) is 4.68 Å². The van der Waals surface area contributed by atoms with E-state index >= 15 is 0 Å². The second-order valence-corrected chi connectivity index (χ2v) is 5.46. The van der Waals surface area contributed by atoms with Crippen LogP contribution in [0.4, 0.5) is 0 Å². The Morgan fingerprint density at radius 3 is 2.68 bits per heavy atom. The third-order valence-electron chi connectivity index (χ3n) is 3.50. The molecular weight excluding hydrogens is 322 g/mol. The van der Waals surface area contributed by atoms with E-state index in [1.807, 2.05) is 31.2 Å². The molecule has 25 heavy (non-hydrogen) atoms. The Labute approximate surface area is 143 Å². The number of amides is 1. The van der Waals surface area contributed by atoms with E-state index < -0.39 is 5.91 Å². The van der Waals surface area contributed by atoms with Gasteiger partial charge < -0.3 is 9.84 Å². The van der Waals surface area contributed by atoms with Crippen LogP contribution >= 0.6 is 0 Å². The van der Waals surface area contributed by atoms with Crippen LogP contribution in [0.2, 0.25) is 0 Å². The summed E-state index contributed by atoms with van der Waals surface area (Å²) in [5.41, 5.74) is 2.41. The monoisotopic (exact) mass is 339 g/mol. The van der Waals surface area contributed by atoms with Crippen molar-refractivity contribution >= 4 is 5.91 Å². The highest BCUT2D eigenvalue weighted by Crippen LogP contribution is 2.15. The predicted octanol–water partition coefficient (Wildman–Crippen LogP) is 1.40. The van der Waals surface area contributed by atoms with Crippen LogP contribution in [-0.2, 0) is 6.54 Å². The van der Waals surface area contributed by atoms with Crippen LogP contribution in [0.1, 0.15) is 29.0 Å². The minimum Gasteiger partial charge on any atom is -0.348 e. The Balaban J connectivity index is 1.85. The van der Waals surface area contributed by atoms with E-state index in [9.17, 15) is 9.59 Å². The molecule has 1 N–H and O–H groups in total. The lowest BCUT2D eigenvalue weighted by Gasteiger charge is -2.05. The fraction of sp³-hybridized carbons (Fsp3) is 0.235. The summed E-state index contributed by atoms with van der Waals surface area (Å²) in [7, 11) is 0. The van der Waals surface area contributed by atoms with Crippen LogP contribution in [0.15, 0.2) is 45.7 Å². The van der Waals surface area contributed by atoms with Crippen LogP contribution in [0.25, 0.3) is 11.3 Å². The summed E-state index contributed by atoms with van der Waals surface area (Å²) in [4.78, 5) is 27.7. The van der Waals surface area contributed by atoms with Crippen molar-refractivity contribution in [2.75, 3.05) is 6.54 Å². The maximum Gasteiger partial charge on any atom is 0.316 e. The summed E-state index contributed by atoms with van der Waals surface area (Å²) in [6.45, 7) is 4.26. The second kappa shape index (κ2) is 7.08. The molecule has 8 nitrogen and oxygen atoms in total. The van der Waals surface area contributed by atoms with Crippen molar-refractivity contribution in [3.8, 4) is 11.3 Å². The first-order valence-electron chi connectivity index (χ1n) is 7.83. The summed E-state index contributed by atoms with van der Waals surface area (Å²) < 4.78 is 6.14. The van der Waals surface area contributed by atoms with E-state index in [-0.39, 0.29) is 23.8 Å². The summed E-state index contributed by atoms with van der Waals surface area (Å²) in [6.07, 6.45) is 0. The number of rotatable bonds is 5. The van der Waals surface area contributed by atoms with Crippen LogP contribution in [0.5, 0.6) is 0 Å². The topological polar surface area (TPSA) is 103 Å². The number of carbonyl (C=O) groups is 1. The summed E-state index contributed by atoms with van der Waals surface area (Å²) in [5, 5.41) is 10.6. The van der Waals surface area contributed by atoms with Gasteiger partial charge in [0.1, 0.15) is 6.54 Å². The molecule has 1 aromatic carbocycles. The molecule has 0 atom stereocenters. The molecule has 2 aromatic heterocycles. The molecule has 3 rings (SSSR count). The zero-order valence-corrected chi connectivity index (χ0v) is 13.9. The molecule has 0 bridgehead atoms. The first-order valence-corrected chi connectivity index (χ1v) is 7.83. The van der Waals surface area contributed by atoms with Gasteiger partial charge in [0.2, 0.25) is 0 Å². The van der Waals surface area contributed by atoms with Crippen LogP contribution < -0.4 is 10.9 Å². The Bertz CT molecular complexity index is 943. The first-order chi connectivity index (χ1) is 12.1. The van der Waals surface area contributed by atoms with Gasteiger partial charge in [-0.05, 0) is 19.9 Å². The van der Waals surface area contributed by atoms with Crippen LogP contribution in [-0.4, -0.2) is 32.4 Å². The number of nitrogens with zero attached hydrogens (tertiary/aromatic N) is 4. The molecule has 3 aromatic rings. The number of aryl methyl sites for hydroxylation is 1. The van der Waals surface area contributed by atoms with E-state index in [4.69, 9.17) is 4.52 Å². The van der Waals surface area contributed by atoms with Crippen molar-refractivity contribution in [3.05, 3.63) is 64.0 Å². The normalized spacial score (nSPS) is 10.6. The van der Waals surface area contributed by atoms with Gasteiger partial charge in [0.25, 0.3) is 5.56 Å². The molecule has 2 heterocycles. The molecule has 0 saturated carbocycles. The first kappa shape index (κ1) is 16.6. The molecule has 0 saturated heterocycles. The van der Waals surface area contributed by atoms with Gasteiger partial charge in [0.15, 0.2) is 5.82 Å². The van der Waals surface area contributed by atoms with Crippen molar-refractivity contribution in [1.82, 2.24) is 25.2 Å². The van der Waals surface area contributed by atoms with Gasteiger partial charge in [-0.2, -0.15) is 10.1 Å². The van der Waals surface area contributed by atoms with Crippen molar-refractivity contribution in [1.29, 1.82) is 0 Å². The van der Waals surface area contributed by atoms with E-state index in [1.54, 1.807) is 13.0 Å². The van der Waals surface area contributed by atoms with Gasteiger partial charge in [-0.15, -0.1) is 0 Å². The highest BCUT2D eigenvalue weighted by molar-refractivity contribution is 5.89. The van der Waals surface area contributed by atoms with Crippen molar-refractivity contribution in [2.45, 2.75) is 20.4 Å². The maximum absolute atomic E-state index is 12.0. The molecule has 0 aliphatic rings. The number of carbonyl (C=O) groups excluding carboxylic acids is 1. The molecule has 0 aliphatic heterocycles. The van der Waals surface area contributed by atoms with Crippen LogP contribution in [0, 0.1) is 6.92 Å². The molecular formula is C17H17N5O3. The molecule has 1 amide bonds. The lowest BCUT2D eigenvalue weighted by Crippen LogP contribution is -2.24. The smallest absolute Gasteiger partial charge is 0.316 e. The minimum absolute atomic E-state index is 0.0153. The lowest BCUT2D eigenvalue weighted by molar-refractivity contribution is 0.0912. The van der Waals surface area contributed by atoms with Crippen molar-refractivity contribution < 1.29 is 9.32 Å². The van der Waals surface area contributed by atoms with Crippen molar-refractivity contribution in [2.24, 2.45) is 0 Å². The number of benzene rings is 1. The van der Waals surface area contributed by atoms with Gasteiger partial charge >= 0.3 is 11.8 Å². The molecule has 0 aliphatic carbocycles. The fourth-order valence-corrected chi connectivity index (χ4v) is 2.22. The Morgan fingerprint density at radius 1 is 1.20 bits per heavy atom. The quantitative estimate of drug-likeness (QED) is 0.754. The molecule has 8 heteroatoms. The molecule has 0 fully saturated rings. The number of aromatic nitrogens is 4. The average molecular weight is 339 g/mol. The zero-order chi connectivity index (χ0) is 17.8. The highest BCUT2D eigenvalue weighted by atomic mass is 16.5. The number of hydrogen-bond donors (Lipinski definition) is 1. The van der Waals surface area contributed by atoms with Crippen LogP contribution in [0.3, 0.4) is 0 Å². The fourth-order valence-electron chi connectivity index (χ4n) is 2.22. The Hall–Kier alpha value is -3.29. The lowest BCUT2D eigenvalue weighted by atomic mass is 10.1. The molecule has 0 radical (unpaired) electrons. The van der Waals surface area contributed by atoms with E-state index in [0.29, 0.717) is 12.2 Å². The number of nitrogens with one attached hydrogen (secondary N) is 1. The third kappa shape index (κ3) is 3.79. The average Bonchev–Trinajstić information content (AvgIpc) is 3.07. The summed E-state index contributed by atoms with van der Waals surface area (Å²) >= 11 is 0. The Kier molecular flexibility index (Phi) is 4.69. The third-order valence-corrected chi connectivity index (χ3v) is 3.50. The van der Waals surface area contributed by atoms with E-state index in [1.165, 1.54) is 10.7 Å². The number of hydrogen-bond acceptors (Lipinski definition) is 6. The molecule has 0 unspecified atom stereocenters. The summed E-state index contributed by atoms with van der Waals surface area (Å²) in [5.74, 6) is -0.383. The largest absolute Gasteiger partial charge is 0.348 e. The van der Waals surface area contributed by atoms with Gasteiger partial charge in [-0.1, -0.05) is 35.0 Å². The molecule has 128 valence electrons. The predicted molar refractivity (Wildman–Crippen MR) is 90.1 cm³/mol. The van der Waals surface area contributed by atoms with Gasteiger partial charge in [0, 0.05) is 18.2 Å². The second-order valence-electron chi connectivity index (χ2n) is 5.46. The van der Waals surface area contributed by atoms with E-state index in [0.717, 1.165) is 11.1 Å². The SMILES string of the molecule is CCNC(=O)c1nc(Cn2nc(-c3ccc(C)cc3)ccc2=O)no1. The molecule has 0 spiro atoms. The van der Waals surface area contributed by atoms with E-state index in [2.05, 4.69) is 20.6 Å². The maximum atomic E-state index is 12.0.